The Morgan fingerprint density at radius 2 is 1.62 bits per heavy atom. The highest BCUT2D eigenvalue weighted by Gasteiger charge is 2.15. The van der Waals surface area contributed by atoms with Crippen LogP contribution in [0.5, 0.6) is 11.5 Å². The van der Waals surface area contributed by atoms with Crippen molar-refractivity contribution in [1.82, 2.24) is 10.4 Å². The molecule has 0 aliphatic heterocycles. The SMILES string of the molecule is COc1ccc(C=NNC(=O)c2cc(-c3ccc(Br)cc3)nc3ccc(OC)cc23)cc1. The first-order valence-corrected chi connectivity index (χ1v) is 10.6. The van der Waals surface area contributed by atoms with E-state index in [1.165, 1.54) is 0 Å². The molecule has 4 rings (SSSR count). The van der Waals surface area contributed by atoms with Crippen LogP contribution in [-0.2, 0) is 0 Å². The molecule has 0 saturated carbocycles. The molecule has 32 heavy (non-hydrogen) atoms. The molecular weight excluding hydrogens is 470 g/mol. The Bertz CT molecular complexity index is 1290. The minimum absolute atomic E-state index is 0.339. The summed E-state index contributed by atoms with van der Waals surface area (Å²) in [6.07, 6.45) is 1.58. The first-order valence-electron chi connectivity index (χ1n) is 9.79. The van der Waals surface area contributed by atoms with Crippen molar-refractivity contribution in [3.63, 3.8) is 0 Å². The van der Waals surface area contributed by atoms with Crippen LogP contribution in [0.1, 0.15) is 15.9 Å². The largest absolute Gasteiger partial charge is 0.497 e. The molecule has 0 aliphatic carbocycles. The van der Waals surface area contributed by atoms with E-state index in [0.717, 1.165) is 21.3 Å². The van der Waals surface area contributed by atoms with Crippen LogP contribution in [0.25, 0.3) is 22.2 Å². The Balaban J connectivity index is 1.68. The van der Waals surface area contributed by atoms with E-state index >= 15 is 0 Å². The molecule has 0 atom stereocenters. The Labute approximate surface area is 194 Å². The van der Waals surface area contributed by atoms with Gasteiger partial charge in [0.05, 0.1) is 37.2 Å². The lowest BCUT2D eigenvalue weighted by atomic mass is 10.0. The minimum atomic E-state index is -0.339. The molecule has 0 spiro atoms. The van der Waals surface area contributed by atoms with Crippen molar-refractivity contribution in [2.75, 3.05) is 14.2 Å². The van der Waals surface area contributed by atoms with Crippen LogP contribution in [0.2, 0.25) is 0 Å². The van der Waals surface area contributed by atoms with E-state index in [2.05, 4.69) is 26.5 Å². The van der Waals surface area contributed by atoms with Gasteiger partial charge in [0.15, 0.2) is 0 Å². The predicted octanol–water partition coefficient (Wildman–Crippen LogP) is 5.45. The van der Waals surface area contributed by atoms with Crippen molar-refractivity contribution < 1.29 is 14.3 Å². The van der Waals surface area contributed by atoms with Gasteiger partial charge in [-0.15, -0.1) is 0 Å². The van der Waals surface area contributed by atoms with Crippen LogP contribution in [0, 0.1) is 0 Å². The van der Waals surface area contributed by atoms with E-state index in [0.29, 0.717) is 27.9 Å². The molecule has 1 amide bonds. The van der Waals surface area contributed by atoms with Gasteiger partial charge in [-0.25, -0.2) is 10.4 Å². The molecule has 7 heteroatoms. The number of aromatic nitrogens is 1. The smallest absolute Gasteiger partial charge is 0.272 e. The third kappa shape index (κ3) is 4.78. The zero-order valence-electron chi connectivity index (χ0n) is 17.5. The van der Waals surface area contributed by atoms with Gasteiger partial charge < -0.3 is 9.47 Å². The van der Waals surface area contributed by atoms with Gasteiger partial charge in [-0.1, -0.05) is 28.1 Å². The number of rotatable bonds is 6. The topological polar surface area (TPSA) is 72.8 Å². The molecule has 4 aromatic rings. The summed E-state index contributed by atoms with van der Waals surface area (Å²) in [5.74, 6) is 1.06. The summed E-state index contributed by atoms with van der Waals surface area (Å²) in [5.41, 5.74) is 6.20. The highest BCUT2D eigenvalue weighted by Crippen LogP contribution is 2.28. The predicted molar refractivity (Wildman–Crippen MR) is 129 cm³/mol. The average Bonchev–Trinajstić information content (AvgIpc) is 2.83. The summed E-state index contributed by atoms with van der Waals surface area (Å²) in [6, 6.07) is 22.4. The lowest BCUT2D eigenvalue weighted by Gasteiger charge is -2.10. The summed E-state index contributed by atoms with van der Waals surface area (Å²) < 4.78 is 11.5. The van der Waals surface area contributed by atoms with Crippen molar-refractivity contribution in [2.45, 2.75) is 0 Å². The van der Waals surface area contributed by atoms with Gasteiger partial charge >= 0.3 is 0 Å². The van der Waals surface area contributed by atoms with Gasteiger partial charge in [-0.2, -0.15) is 5.10 Å². The van der Waals surface area contributed by atoms with Crippen LogP contribution in [0.15, 0.2) is 82.4 Å². The number of amides is 1. The van der Waals surface area contributed by atoms with Crippen molar-refractivity contribution in [2.24, 2.45) is 5.10 Å². The van der Waals surface area contributed by atoms with Crippen molar-refractivity contribution in [1.29, 1.82) is 0 Å². The number of ether oxygens (including phenoxy) is 2. The van der Waals surface area contributed by atoms with Crippen molar-refractivity contribution in [3.8, 4) is 22.8 Å². The molecule has 0 aliphatic rings. The van der Waals surface area contributed by atoms with Gasteiger partial charge in [0.25, 0.3) is 5.91 Å². The normalized spacial score (nSPS) is 11.0. The zero-order chi connectivity index (χ0) is 22.5. The van der Waals surface area contributed by atoms with Crippen LogP contribution in [0.3, 0.4) is 0 Å². The average molecular weight is 490 g/mol. The second-order valence-electron chi connectivity index (χ2n) is 6.92. The number of methoxy groups -OCH3 is 2. The lowest BCUT2D eigenvalue weighted by Crippen LogP contribution is -2.18. The maximum atomic E-state index is 13.1. The van der Waals surface area contributed by atoms with Crippen LogP contribution in [-0.4, -0.2) is 31.3 Å². The standard InChI is InChI=1S/C25H20BrN3O3/c1-31-19-9-3-16(4-10-19)15-27-29-25(30)22-14-24(17-5-7-18(26)8-6-17)28-23-12-11-20(32-2)13-21(22)23/h3-15H,1-2H3,(H,29,30). The van der Waals surface area contributed by atoms with Gasteiger partial charge in [0, 0.05) is 15.4 Å². The Morgan fingerprint density at radius 1 is 0.938 bits per heavy atom. The Kier molecular flexibility index (Phi) is 6.47. The summed E-state index contributed by atoms with van der Waals surface area (Å²) >= 11 is 3.45. The quantitative estimate of drug-likeness (QED) is 0.289. The molecule has 6 nitrogen and oxygen atoms in total. The fraction of sp³-hybridized carbons (Fsp3) is 0.0800. The third-order valence-electron chi connectivity index (χ3n) is 4.90. The number of carbonyl (C=O) groups excluding carboxylic acids is 1. The molecule has 0 radical (unpaired) electrons. The number of hydrogen-bond donors (Lipinski definition) is 1. The fourth-order valence-electron chi connectivity index (χ4n) is 3.20. The third-order valence-corrected chi connectivity index (χ3v) is 5.42. The number of hydrazone groups is 1. The lowest BCUT2D eigenvalue weighted by molar-refractivity contribution is 0.0956. The monoisotopic (exact) mass is 489 g/mol. The highest BCUT2D eigenvalue weighted by atomic mass is 79.9. The second kappa shape index (κ2) is 9.62. The van der Waals surface area contributed by atoms with Crippen LogP contribution < -0.4 is 14.9 Å². The van der Waals surface area contributed by atoms with Gasteiger partial charge in [-0.05, 0) is 66.2 Å². The van der Waals surface area contributed by atoms with Crippen LogP contribution >= 0.6 is 15.9 Å². The molecule has 1 heterocycles. The number of nitrogens with one attached hydrogen (secondary N) is 1. The molecule has 0 saturated heterocycles. The molecule has 1 N–H and O–H groups in total. The number of hydrogen-bond acceptors (Lipinski definition) is 5. The molecule has 160 valence electrons. The number of pyridine rings is 1. The summed E-state index contributed by atoms with van der Waals surface area (Å²) in [7, 11) is 3.20. The molecule has 0 fully saturated rings. The fourth-order valence-corrected chi connectivity index (χ4v) is 3.47. The molecule has 0 bridgehead atoms. The van der Waals surface area contributed by atoms with Gasteiger partial charge in [0.1, 0.15) is 11.5 Å². The van der Waals surface area contributed by atoms with E-state index in [1.807, 2.05) is 60.7 Å². The highest BCUT2D eigenvalue weighted by molar-refractivity contribution is 9.10. The summed E-state index contributed by atoms with van der Waals surface area (Å²) in [4.78, 5) is 17.8. The van der Waals surface area contributed by atoms with Gasteiger partial charge in [0.2, 0.25) is 0 Å². The number of nitrogens with zero attached hydrogens (tertiary/aromatic N) is 2. The number of halogens is 1. The second-order valence-corrected chi connectivity index (χ2v) is 7.83. The van der Waals surface area contributed by atoms with E-state index in [4.69, 9.17) is 14.5 Å². The minimum Gasteiger partial charge on any atom is -0.497 e. The number of benzene rings is 3. The first kappa shape index (κ1) is 21.5. The summed E-state index contributed by atoms with van der Waals surface area (Å²) in [6.45, 7) is 0. The maximum absolute atomic E-state index is 13.1. The first-order chi connectivity index (χ1) is 15.6. The molecular formula is C25H20BrN3O3. The van der Waals surface area contributed by atoms with Crippen molar-refractivity contribution in [3.05, 3.63) is 88.4 Å². The molecule has 0 unspecified atom stereocenters. The zero-order valence-corrected chi connectivity index (χ0v) is 19.1. The summed E-state index contributed by atoms with van der Waals surface area (Å²) in [5, 5.41) is 4.80. The van der Waals surface area contributed by atoms with Gasteiger partial charge in [-0.3, -0.25) is 4.79 Å². The molecule has 1 aromatic heterocycles. The Morgan fingerprint density at radius 3 is 2.31 bits per heavy atom. The van der Waals surface area contributed by atoms with E-state index in [-0.39, 0.29) is 5.91 Å². The van der Waals surface area contributed by atoms with E-state index in [9.17, 15) is 4.79 Å². The van der Waals surface area contributed by atoms with Crippen molar-refractivity contribution >= 4 is 39.0 Å². The van der Waals surface area contributed by atoms with E-state index in [1.54, 1.807) is 32.6 Å². The van der Waals surface area contributed by atoms with E-state index < -0.39 is 0 Å². The van der Waals surface area contributed by atoms with Crippen LogP contribution in [0.4, 0.5) is 0 Å². The maximum Gasteiger partial charge on any atom is 0.272 e. The number of carbonyl (C=O) groups is 1. The number of fused-ring (bicyclic) bond motifs is 1. The molecule has 3 aromatic carbocycles. The Hall–Kier alpha value is -3.71.